The highest BCUT2D eigenvalue weighted by atomic mass is 16.6. The predicted octanol–water partition coefficient (Wildman–Crippen LogP) is 3.35. The molecule has 2 fully saturated rings. The van der Waals surface area contributed by atoms with E-state index in [1.54, 1.807) is 6.07 Å². The lowest BCUT2D eigenvalue weighted by atomic mass is 10.1. The van der Waals surface area contributed by atoms with E-state index in [4.69, 9.17) is 9.47 Å². The number of anilines is 1. The second-order valence-corrected chi connectivity index (χ2v) is 7.14. The minimum absolute atomic E-state index is 0.133. The normalized spacial score (nSPS) is 20.9. The Bertz CT molecular complexity index is 809. The summed E-state index contributed by atoms with van der Waals surface area (Å²) < 4.78 is 11.4. The van der Waals surface area contributed by atoms with Gasteiger partial charge in [0.15, 0.2) is 0 Å². The zero-order chi connectivity index (χ0) is 19.3. The van der Waals surface area contributed by atoms with E-state index in [-0.39, 0.29) is 16.8 Å². The standard InChI is InChI=1S/C21H25N3O4/c25-24(26)20-15-18(7-8-19(20)22-10-13-27-14-11-22)21-23(9-4-12-28-21)16-17-5-2-1-3-6-17/h1-3,5-8,15,21H,4,9-14,16H2. The van der Waals surface area contributed by atoms with Crippen LogP contribution in [0.2, 0.25) is 0 Å². The smallest absolute Gasteiger partial charge is 0.292 e. The Kier molecular flexibility index (Phi) is 5.85. The average Bonchev–Trinajstić information content (AvgIpc) is 2.75. The van der Waals surface area contributed by atoms with Crippen LogP contribution >= 0.6 is 0 Å². The van der Waals surface area contributed by atoms with E-state index < -0.39 is 0 Å². The molecule has 0 saturated carbocycles. The summed E-state index contributed by atoms with van der Waals surface area (Å²) in [6, 6.07) is 15.7. The summed E-state index contributed by atoms with van der Waals surface area (Å²) in [6.07, 6.45) is 0.684. The summed E-state index contributed by atoms with van der Waals surface area (Å²) in [5, 5.41) is 11.8. The molecule has 148 valence electrons. The molecule has 0 radical (unpaired) electrons. The van der Waals surface area contributed by atoms with Crippen molar-refractivity contribution in [3.63, 3.8) is 0 Å². The molecule has 0 aliphatic carbocycles. The highest BCUT2D eigenvalue weighted by molar-refractivity contribution is 5.64. The third kappa shape index (κ3) is 4.16. The number of hydrogen-bond donors (Lipinski definition) is 0. The van der Waals surface area contributed by atoms with Crippen LogP contribution in [0, 0.1) is 10.1 Å². The minimum Gasteiger partial charge on any atom is -0.378 e. The molecular formula is C21H25N3O4. The molecule has 7 nitrogen and oxygen atoms in total. The molecule has 0 spiro atoms. The van der Waals surface area contributed by atoms with Crippen molar-refractivity contribution >= 4 is 11.4 Å². The van der Waals surface area contributed by atoms with Crippen LogP contribution in [0.4, 0.5) is 11.4 Å². The summed E-state index contributed by atoms with van der Waals surface area (Å²) in [5.41, 5.74) is 2.83. The minimum atomic E-state index is -0.293. The van der Waals surface area contributed by atoms with Crippen LogP contribution < -0.4 is 4.90 Å². The maximum Gasteiger partial charge on any atom is 0.292 e. The number of nitro groups is 1. The number of rotatable bonds is 5. The maximum absolute atomic E-state index is 11.8. The maximum atomic E-state index is 11.8. The van der Waals surface area contributed by atoms with Gasteiger partial charge in [-0.15, -0.1) is 0 Å². The summed E-state index contributed by atoms with van der Waals surface area (Å²) in [7, 11) is 0. The number of hydrogen-bond acceptors (Lipinski definition) is 6. The van der Waals surface area contributed by atoms with E-state index in [0.717, 1.165) is 25.1 Å². The summed E-state index contributed by atoms with van der Waals surface area (Å²) in [4.78, 5) is 15.7. The SMILES string of the molecule is O=[N+]([O-])c1cc(C2OCCCN2Cc2ccccc2)ccc1N1CCOCC1. The molecule has 1 unspecified atom stereocenters. The van der Waals surface area contributed by atoms with Crippen molar-refractivity contribution in [2.45, 2.75) is 19.2 Å². The number of nitro benzene ring substituents is 1. The first-order valence-electron chi connectivity index (χ1n) is 9.73. The molecular weight excluding hydrogens is 358 g/mol. The highest BCUT2D eigenvalue weighted by Gasteiger charge is 2.29. The first-order valence-corrected chi connectivity index (χ1v) is 9.73. The van der Waals surface area contributed by atoms with E-state index >= 15 is 0 Å². The van der Waals surface area contributed by atoms with Crippen molar-refractivity contribution in [1.82, 2.24) is 4.90 Å². The van der Waals surface area contributed by atoms with Gasteiger partial charge in [-0.05, 0) is 18.1 Å². The molecule has 0 amide bonds. The van der Waals surface area contributed by atoms with Gasteiger partial charge in [-0.1, -0.05) is 36.4 Å². The molecule has 2 aliphatic heterocycles. The van der Waals surface area contributed by atoms with Gasteiger partial charge >= 0.3 is 0 Å². The zero-order valence-electron chi connectivity index (χ0n) is 15.8. The van der Waals surface area contributed by atoms with Gasteiger partial charge < -0.3 is 14.4 Å². The fraction of sp³-hybridized carbons (Fsp3) is 0.429. The second-order valence-electron chi connectivity index (χ2n) is 7.14. The van der Waals surface area contributed by atoms with E-state index in [0.29, 0.717) is 38.6 Å². The summed E-state index contributed by atoms with van der Waals surface area (Å²) >= 11 is 0. The quantitative estimate of drug-likeness (QED) is 0.583. The fourth-order valence-corrected chi connectivity index (χ4v) is 3.88. The van der Waals surface area contributed by atoms with Crippen molar-refractivity contribution in [2.75, 3.05) is 44.4 Å². The van der Waals surface area contributed by atoms with Gasteiger partial charge in [0.05, 0.1) is 24.7 Å². The molecule has 2 aliphatic rings. The van der Waals surface area contributed by atoms with Gasteiger partial charge in [0.2, 0.25) is 0 Å². The van der Waals surface area contributed by atoms with Gasteiger partial charge in [-0.3, -0.25) is 15.0 Å². The third-order valence-electron chi connectivity index (χ3n) is 5.26. The number of morpholine rings is 1. The topological polar surface area (TPSA) is 68.1 Å². The Morgan fingerprint density at radius 3 is 2.57 bits per heavy atom. The Morgan fingerprint density at radius 2 is 1.82 bits per heavy atom. The zero-order valence-corrected chi connectivity index (χ0v) is 15.8. The number of nitrogens with zero attached hydrogens (tertiary/aromatic N) is 3. The van der Waals surface area contributed by atoms with Gasteiger partial charge in [-0.2, -0.15) is 0 Å². The number of benzene rings is 2. The molecule has 28 heavy (non-hydrogen) atoms. The lowest BCUT2D eigenvalue weighted by Gasteiger charge is -2.36. The van der Waals surface area contributed by atoms with E-state index in [1.807, 2.05) is 35.2 Å². The van der Waals surface area contributed by atoms with Crippen LogP contribution in [-0.4, -0.2) is 49.3 Å². The molecule has 2 saturated heterocycles. The Morgan fingerprint density at radius 1 is 1.04 bits per heavy atom. The monoisotopic (exact) mass is 383 g/mol. The molecule has 2 aromatic rings. The van der Waals surface area contributed by atoms with E-state index in [1.165, 1.54) is 5.56 Å². The molecule has 0 aromatic heterocycles. The van der Waals surface area contributed by atoms with Crippen LogP contribution in [0.15, 0.2) is 48.5 Å². The average molecular weight is 383 g/mol. The Balaban J connectivity index is 1.60. The predicted molar refractivity (Wildman–Crippen MR) is 106 cm³/mol. The Hall–Kier alpha value is -2.48. The largest absolute Gasteiger partial charge is 0.378 e. The van der Waals surface area contributed by atoms with Crippen LogP contribution in [0.3, 0.4) is 0 Å². The van der Waals surface area contributed by atoms with Gasteiger partial charge in [0.1, 0.15) is 11.9 Å². The van der Waals surface area contributed by atoms with Crippen LogP contribution in [0.1, 0.15) is 23.8 Å². The molecule has 7 heteroatoms. The fourth-order valence-electron chi connectivity index (χ4n) is 3.88. The first kappa shape index (κ1) is 18.9. The van der Waals surface area contributed by atoms with Crippen molar-refractivity contribution in [3.8, 4) is 0 Å². The summed E-state index contributed by atoms with van der Waals surface area (Å²) in [5.74, 6) is 0. The van der Waals surface area contributed by atoms with Crippen molar-refractivity contribution < 1.29 is 14.4 Å². The van der Waals surface area contributed by atoms with Gasteiger partial charge in [0.25, 0.3) is 5.69 Å². The molecule has 2 heterocycles. The van der Waals surface area contributed by atoms with E-state index in [9.17, 15) is 10.1 Å². The van der Waals surface area contributed by atoms with Crippen LogP contribution in [-0.2, 0) is 16.0 Å². The highest BCUT2D eigenvalue weighted by Crippen LogP contribution is 2.35. The van der Waals surface area contributed by atoms with Crippen LogP contribution in [0.25, 0.3) is 0 Å². The third-order valence-corrected chi connectivity index (χ3v) is 5.26. The first-order chi connectivity index (χ1) is 13.7. The van der Waals surface area contributed by atoms with Crippen molar-refractivity contribution in [1.29, 1.82) is 0 Å². The molecule has 0 bridgehead atoms. The van der Waals surface area contributed by atoms with Crippen molar-refractivity contribution in [2.24, 2.45) is 0 Å². The lowest BCUT2D eigenvalue weighted by molar-refractivity contribution is -0.384. The Labute approximate surface area is 164 Å². The summed E-state index contributed by atoms with van der Waals surface area (Å²) in [6.45, 7) is 4.84. The van der Waals surface area contributed by atoms with Gasteiger partial charge in [0, 0.05) is 37.8 Å². The van der Waals surface area contributed by atoms with Gasteiger partial charge in [-0.25, -0.2) is 0 Å². The van der Waals surface area contributed by atoms with Crippen molar-refractivity contribution in [3.05, 3.63) is 69.8 Å². The van der Waals surface area contributed by atoms with E-state index in [2.05, 4.69) is 17.0 Å². The molecule has 4 rings (SSSR count). The molecule has 0 N–H and O–H groups in total. The lowest BCUT2D eigenvalue weighted by Crippen LogP contribution is -2.37. The van der Waals surface area contributed by atoms with Crippen LogP contribution in [0.5, 0.6) is 0 Å². The molecule has 1 atom stereocenters. The second kappa shape index (κ2) is 8.68. The number of ether oxygens (including phenoxy) is 2. The molecule has 2 aromatic carbocycles.